The molecule has 0 aliphatic heterocycles. The van der Waals surface area contributed by atoms with Crippen LogP contribution in [0.4, 0.5) is 0 Å². The molecule has 6 heterocycles. The molecule has 0 amide bonds. The number of aromatic nitrogens is 6. The van der Waals surface area contributed by atoms with Gasteiger partial charge < -0.3 is 18.3 Å². The number of hydrogen-bond acceptors (Lipinski definition) is 2. The zero-order valence-electron chi connectivity index (χ0n) is 49.2. The van der Waals surface area contributed by atoms with Crippen molar-refractivity contribution in [1.82, 2.24) is 28.2 Å². The van der Waals surface area contributed by atoms with Gasteiger partial charge in [-0.25, -0.2) is 0 Å². The van der Waals surface area contributed by atoms with Crippen molar-refractivity contribution in [3.05, 3.63) is 336 Å². The van der Waals surface area contributed by atoms with E-state index in [1.807, 2.05) is 30.7 Å². The second-order valence-electron chi connectivity index (χ2n) is 23.2. The Morgan fingerprint density at radius 1 is 0.250 bits per heavy atom. The van der Waals surface area contributed by atoms with Gasteiger partial charge in [0.1, 0.15) is 0 Å². The van der Waals surface area contributed by atoms with Crippen molar-refractivity contribution in [2.24, 2.45) is 0 Å². The first-order chi connectivity index (χ1) is 45.0. The molecule has 18 aromatic rings. The van der Waals surface area contributed by atoms with E-state index in [4.69, 9.17) is 0 Å². The van der Waals surface area contributed by atoms with Crippen molar-refractivity contribution in [3.8, 4) is 56.1 Å². The van der Waals surface area contributed by atoms with Crippen LogP contribution in [0.2, 0.25) is 0 Å². The number of halogens is 2. The first-order valence-electron chi connectivity index (χ1n) is 30.6. The van der Waals surface area contributed by atoms with Crippen LogP contribution in [0.15, 0.2) is 325 Å². The van der Waals surface area contributed by atoms with Gasteiger partial charge in [0.05, 0.1) is 44.1 Å². The lowest BCUT2D eigenvalue weighted by Crippen LogP contribution is -1.96. The average Bonchev–Trinajstić information content (AvgIpc) is 1.60. The number of nitrogens with zero attached hydrogens (tertiary/aromatic N) is 6. The van der Waals surface area contributed by atoms with E-state index >= 15 is 0 Å². The fraction of sp³-hybridized carbons (Fsp3) is 0.0238. The smallest absolute Gasteiger partial charge is 0.0542 e. The minimum absolute atomic E-state index is 0. The van der Waals surface area contributed by atoms with Crippen LogP contribution >= 0.6 is 31.9 Å². The molecule has 8 heteroatoms. The predicted octanol–water partition coefficient (Wildman–Crippen LogP) is 23.3. The lowest BCUT2D eigenvalue weighted by Gasteiger charge is -2.12. The molecule has 0 saturated carbocycles. The molecule has 438 valence electrons. The Balaban J connectivity index is 0.000000136. The number of benzene rings is 12. The summed E-state index contributed by atoms with van der Waals surface area (Å²) in [5, 5.41) is 9.92. The van der Waals surface area contributed by atoms with Crippen LogP contribution < -0.4 is 0 Å². The van der Waals surface area contributed by atoms with Crippen LogP contribution in [0.3, 0.4) is 0 Å². The number of fused-ring (bicyclic) bond motifs is 15. The van der Waals surface area contributed by atoms with Gasteiger partial charge in [-0.1, -0.05) is 197 Å². The first kappa shape index (κ1) is 56.3. The molecule has 1 aliphatic carbocycles. The highest BCUT2D eigenvalue weighted by atomic mass is 79.9. The molecule has 0 unspecified atom stereocenters. The van der Waals surface area contributed by atoms with Gasteiger partial charge in [0.15, 0.2) is 0 Å². The molecule has 0 radical (unpaired) electrons. The summed E-state index contributed by atoms with van der Waals surface area (Å²) in [6.45, 7) is 0. The molecular formula is C84H58Br2N6. The van der Waals surface area contributed by atoms with E-state index in [1.165, 1.54) is 98.4 Å². The standard InChI is InChI=1S/C47H30N4.C23H14Br2N2.C13H10.CH4/c1-5-18-42-36(14-1)37-15-2-6-19-43(37)50(42)34-22-24-46-40(28-34)41-29-35(51-44-20-7-3-16-38(44)39-17-4-8-21-45(39)51)23-25-47(41)49(46)33-13-9-11-31(27-33)32-12-10-26-48-30-32;24-17-6-8-22-20(12-17)21-13-18(25)7-9-23(21)27(22)19-5-1-3-15(11-19)16-4-2-10-26-14-16;1-3-7-12-10(5-1)9-11-6-2-4-8-13(11)12;/h1-30H;1-14H;1-8H,9H2;1H4. The van der Waals surface area contributed by atoms with Crippen molar-refractivity contribution in [2.45, 2.75) is 13.8 Å². The van der Waals surface area contributed by atoms with Crippen molar-refractivity contribution < 1.29 is 0 Å². The molecule has 1 aliphatic rings. The largest absolute Gasteiger partial charge is 0.309 e. The first-order valence-corrected chi connectivity index (χ1v) is 32.2. The summed E-state index contributed by atoms with van der Waals surface area (Å²) >= 11 is 7.23. The Kier molecular flexibility index (Phi) is 14.4. The fourth-order valence-corrected chi connectivity index (χ4v) is 14.7. The predicted molar refractivity (Wildman–Crippen MR) is 394 cm³/mol. The monoisotopic (exact) mass is 1310 g/mol. The molecule has 92 heavy (non-hydrogen) atoms. The van der Waals surface area contributed by atoms with E-state index in [0.717, 1.165) is 71.4 Å². The van der Waals surface area contributed by atoms with Gasteiger partial charge >= 0.3 is 0 Å². The summed E-state index contributed by atoms with van der Waals surface area (Å²) in [5.41, 5.74) is 24.3. The van der Waals surface area contributed by atoms with Gasteiger partial charge in [-0.05, 0) is 173 Å². The molecule has 6 aromatic heterocycles. The van der Waals surface area contributed by atoms with Crippen LogP contribution in [0, 0.1) is 0 Å². The van der Waals surface area contributed by atoms with Crippen LogP contribution in [-0.4, -0.2) is 28.2 Å². The molecular weight excluding hydrogens is 1250 g/mol. The fourth-order valence-electron chi connectivity index (χ4n) is 14.0. The molecule has 0 bridgehead atoms. The van der Waals surface area contributed by atoms with Crippen LogP contribution in [0.1, 0.15) is 18.6 Å². The van der Waals surface area contributed by atoms with Crippen molar-refractivity contribution in [3.63, 3.8) is 0 Å². The molecule has 19 rings (SSSR count). The highest BCUT2D eigenvalue weighted by Gasteiger charge is 2.21. The van der Waals surface area contributed by atoms with E-state index in [0.29, 0.717) is 0 Å². The SMILES string of the molecule is Brc1ccc2c(c1)c1cc(Br)ccc1n2-c1cccc(-c2cccnc2)c1.C.c1ccc2c(c1)Cc1ccccc1-2.c1cncc(-c2cccc(-n3c4ccc(-n5c6ccccc6c6ccccc65)cc4c4cc(-n5c6ccccc6c6ccccc65)ccc43)c2)c1. The van der Waals surface area contributed by atoms with Gasteiger partial charge in [-0.2, -0.15) is 0 Å². The average molecular weight is 1310 g/mol. The van der Waals surface area contributed by atoms with E-state index in [2.05, 4.69) is 339 Å². The zero-order valence-corrected chi connectivity index (χ0v) is 52.3. The van der Waals surface area contributed by atoms with E-state index in [-0.39, 0.29) is 7.43 Å². The summed E-state index contributed by atoms with van der Waals surface area (Å²) in [4.78, 5) is 8.65. The molecule has 12 aromatic carbocycles. The maximum absolute atomic E-state index is 4.40. The Morgan fingerprint density at radius 2 is 0.565 bits per heavy atom. The van der Waals surface area contributed by atoms with Gasteiger partial charge in [-0.15, -0.1) is 0 Å². The topological polar surface area (TPSA) is 45.5 Å². The Bertz CT molecular complexity index is 5470. The summed E-state index contributed by atoms with van der Waals surface area (Å²) in [5.74, 6) is 0. The van der Waals surface area contributed by atoms with Gasteiger partial charge in [0.25, 0.3) is 0 Å². The quantitative estimate of drug-likeness (QED) is 0.167. The van der Waals surface area contributed by atoms with Gasteiger partial charge in [0.2, 0.25) is 0 Å². The lowest BCUT2D eigenvalue weighted by atomic mass is 10.1. The van der Waals surface area contributed by atoms with Crippen LogP contribution in [0.5, 0.6) is 0 Å². The summed E-state index contributed by atoms with van der Waals surface area (Å²) in [6.07, 6.45) is 8.56. The Morgan fingerprint density at radius 3 is 0.946 bits per heavy atom. The van der Waals surface area contributed by atoms with E-state index < -0.39 is 0 Å². The van der Waals surface area contributed by atoms with Crippen molar-refractivity contribution >= 4 is 119 Å². The summed E-state index contributed by atoms with van der Waals surface area (Å²) < 4.78 is 11.7. The second-order valence-corrected chi connectivity index (χ2v) is 25.0. The number of rotatable bonds is 6. The summed E-state index contributed by atoms with van der Waals surface area (Å²) in [7, 11) is 0. The molecule has 6 nitrogen and oxygen atoms in total. The highest BCUT2D eigenvalue weighted by molar-refractivity contribution is 9.10. The van der Waals surface area contributed by atoms with Crippen molar-refractivity contribution in [1.29, 1.82) is 0 Å². The van der Waals surface area contributed by atoms with E-state index in [1.54, 1.807) is 6.20 Å². The van der Waals surface area contributed by atoms with Gasteiger partial charge in [-0.3, -0.25) is 9.97 Å². The maximum Gasteiger partial charge on any atom is 0.0542 e. The lowest BCUT2D eigenvalue weighted by molar-refractivity contribution is 1.16. The second kappa shape index (κ2) is 23.5. The van der Waals surface area contributed by atoms with Crippen molar-refractivity contribution in [2.75, 3.05) is 0 Å². The van der Waals surface area contributed by atoms with Crippen LogP contribution in [-0.2, 0) is 6.42 Å². The number of hydrogen-bond donors (Lipinski definition) is 0. The minimum Gasteiger partial charge on any atom is -0.309 e. The molecule has 0 saturated heterocycles. The maximum atomic E-state index is 4.40. The highest BCUT2D eigenvalue weighted by Crippen LogP contribution is 2.42. The zero-order chi connectivity index (χ0) is 60.5. The summed E-state index contributed by atoms with van der Waals surface area (Å²) in [6, 6.07) is 105. The Labute approximate surface area is 549 Å². The molecule has 0 spiro atoms. The normalized spacial score (nSPS) is 11.7. The molecule has 0 N–H and O–H groups in total. The third-order valence-corrected chi connectivity index (χ3v) is 19.0. The minimum atomic E-state index is 0. The molecule has 0 atom stereocenters. The van der Waals surface area contributed by atoms with Gasteiger partial charge in [0, 0.05) is 111 Å². The Hall–Kier alpha value is -10.9. The number of pyridine rings is 2. The third kappa shape index (κ3) is 9.69. The molecule has 0 fully saturated rings. The van der Waals surface area contributed by atoms with E-state index in [9.17, 15) is 0 Å². The number of para-hydroxylation sites is 4. The van der Waals surface area contributed by atoms with Crippen LogP contribution in [0.25, 0.3) is 143 Å². The third-order valence-electron chi connectivity index (χ3n) is 18.0.